The standard InChI is InChI=1S/C16H14N4O4/c21-5-1-4-19-8-17-14-15(19)18-9-20(16(14)22)7-11-2-3-12-13(6-11)24-10-23-12/h2-3,5-6,8-9H,1,4,7,10H2. The Morgan fingerprint density at radius 3 is 2.83 bits per heavy atom. The van der Waals surface area contributed by atoms with Gasteiger partial charge in [-0.2, -0.15) is 0 Å². The number of hydrogen-bond acceptors (Lipinski definition) is 6. The van der Waals surface area contributed by atoms with E-state index in [4.69, 9.17) is 9.47 Å². The summed E-state index contributed by atoms with van der Waals surface area (Å²) in [4.78, 5) is 31.5. The Morgan fingerprint density at radius 1 is 1.12 bits per heavy atom. The Balaban J connectivity index is 1.66. The van der Waals surface area contributed by atoms with Crippen LogP contribution >= 0.6 is 0 Å². The lowest BCUT2D eigenvalue weighted by Crippen LogP contribution is -2.21. The number of benzene rings is 1. The largest absolute Gasteiger partial charge is 0.454 e. The Hall–Kier alpha value is -3.16. The number of imidazole rings is 1. The molecule has 0 N–H and O–H groups in total. The summed E-state index contributed by atoms with van der Waals surface area (Å²) >= 11 is 0. The second-order valence-electron chi connectivity index (χ2n) is 5.43. The molecule has 0 amide bonds. The average Bonchev–Trinajstić information content (AvgIpc) is 3.22. The lowest BCUT2D eigenvalue weighted by atomic mass is 10.2. The van der Waals surface area contributed by atoms with Crippen LogP contribution in [-0.4, -0.2) is 32.2 Å². The van der Waals surface area contributed by atoms with Gasteiger partial charge in [-0.25, -0.2) is 9.97 Å². The molecule has 1 aliphatic rings. The highest BCUT2D eigenvalue weighted by molar-refractivity contribution is 5.69. The monoisotopic (exact) mass is 326 g/mol. The molecule has 0 atom stereocenters. The number of carbonyl (C=O) groups is 1. The van der Waals surface area contributed by atoms with Gasteiger partial charge < -0.3 is 18.8 Å². The molecule has 0 saturated heterocycles. The molecule has 0 unspecified atom stereocenters. The van der Waals surface area contributed by atoms with E-state index in [0.29, 0.717) is 42.2 Å². The summed E-state index contributed by atoms with van der Waals surface area (Å²) < 4.78 is 13.8. The maximum absolute atomic E-state index is 12.6. The minimum Gasteiger partial charge on any atom is -0.454 e. The fourth-order valence-electron chi connectivity index (χ4n) is 2.68. The number of aldehydes is 1. The van der Waals surface area contributed by atoms with E-state index in [1.807, 2.05) is 18.2 Å². The molecule has 0 radical (unpaired) electrons. The summed E-state index contributed by atoms with van der Waals surface area (Å²) in [5, 5.41) is 0. The van der Waals surface area contributed by atoms with Gasteiger partial charge in [0, 0.05) is 13.0 Å². The van der Waals surface area contributed by atoms with E-state index in [9.17, 15) is 9.59 Å². The highest BCUT2D eigenvalue weighted by Gasteiger charge is 2.15. The second-order valence-corrected chi connectivity index (χ2v) is 5.43. The van der Waals surface area contributed by atoms with Crippen LogP contribution in [0.25, 0.3) is 11.2 Å². The topological polar surface area (TPSA) is 88.2 Å². The van der Waals surface area contributed by atoms with Crippen molar-refractivity contribution in [3.8, 4) is 11.5 Å². The Morgan fingerprint density at radius 2 is 1.96 bits per heavy atom. The molecule has 0 spiro atoms. The number of aryl methyl sites for hydroxylation is 1. The summed E-state index contributed by atoms with van der Waals surface area (Å²) in [5.74, 6) is 1.38. The van der Waals surface area contributed by atoms with Crippen LogP contribution in [0.3, 0.4) is 0 Å². The second kappa shape index (κ2) is 5.80. The molecule has 1 aromatic carbocycles. The quantitative estimate of drug-likeness (QED) is 0.649. The van der Waals surface area contributed by atoms with E-state index >= 15 is 0 Å². The van der Waals surface area contributed by atoms with E-state index < -0.39 is 0 Å². The minimum atomic E-state index is -0.220. The Kier molecular flexibility index (Phi) is 3.49. The molecule has 4 rings (SSSR count). The number of ether oxygens (including phenoxy) is 2. The third-order valence-electron chi connectivity index (χ3n) is 3.87. The van der Waals surface area contributed by atoms with E-state index in [2.05, 4.69) is 9.97 Å². The van der Waals surface area contributed by atoms with Crippen LogP contribution in [-0.2, 0) is 17.9 Å². The molecule has 3 heterocycles. The summed E-state index contributed by atoms with van der Waals surface area (Å²) in [7, 11) is 0. The molecule has 2 aromatic heterocycles. The predicted octanol–water partition coefficient (Wildman–Crippen LogP) is 0.959. The molecule has 8 heteroatoms. The van der Waals surface area contributed by atoms with Gasteiger partial charge in [0.1, 0.15) is 12.6 Å². The van der Waals surface area contributed by atoms with Crippen LogP contribution < -0.4 is 15.0 Å². The molecule has 1 aliphatic heterocycles. The van der Waals surface area contributed by atoms with Crippen molar-refractivity contribution in [1.29, 1.82) is 0 Å². The Bertz CT molecular complexity index is 976. The van der Waals surface area contributed by atoms with Gasteiger partial charge in [0.2, 0.25) is 6.79 Å². The van der Waals surface area contributed by atoms with Gasteiger partial charge in [-0.15, -0.1) is 0 Å². The van der Waals surface area contributed by atoms with Crippen molar-refractivity contribution in [2.45, 2.75) is 19.5 Å². The maximum atomic E-state index is 12.6. The van der Waals surface area contributed by atoms with Crippen LogP contribution in [0, 0.1) is 0 Å². The first-order chi connectivity index (χ1) is 11.8. The van der Waals surface area contributed by atoms with Crippen molar-refractivity contribution in [1.82, 2.24) is 19.1 Å². The molecular weight excluding hydrogens is 312 g/mol. The van der Waals surface area contributed by atoms with E-state index in [1.165, 1.54) is 17.2 Å². The fourth-order valence-corrected chi connectivity index (χ4v) is 2.68. The molecule has 0 fully saturated rings. The van der Waals surface area contributed by atoms with Crippen LogP contribution in [0.1, 0.15) is 12.0 Å². The zero-order valence-electron chi connectivity index (χ0n) is 12.7. The zero-order chi connectivity index (χ0) is 16.5. The summed E-state index contributed by atoms with van der Waals surface area (Å²) in [6.45, 7) is 1.03. The van der Waals surface area contributed by atoms with Gasteiger partial charge in [-0.05, 0) is 17.7 Å². The van der Waals surface area contributed by atoms with Gasteiger partial charge in [-0.3, -0.25) is 9.36 Å². The van der Waals surface area contributed by atoms with E-state index in [-0.39, 0.29) is 12.4 Å². The molecule has 3 aromatic rings. The van der Waals surface area contributed by atoms with Crippen molar-refractivity contribution in [2.75, 3.05) is 6.79 Å². The van der Waals surface area contributed by atoms with Crippen molar-refractivity contribution >= 4 is 17.5 Å². The summed E-state index contributed by atoms with van der Waals surface area (Å²) in [6.07, 6.45) is 4.21. The smallest absolute Gasteiger partial charge is 0.281 e. The number of aromatic nitrogens is 4. The maximum Gasteiger partial charge on any atom is 0.281 e. The van der Waals surface area contributed by atoms with Crippen LogP contribution in [0.4, 0.5) is 0 Å². The van der Waals surface area contributed by atoms with Crippen molar-refractivity contribution in [3.63, 3.8) is 0 Å². The molecule has 0 saturated carbocycles. The molecule has 8 nitrogen and oxygen atoms in total. The van der Waals surface area contributed by atoms with Crippen LogP contribution in [0.15, 0.2) is 35.6 Å². The van der Waals surface area contributed by atoms with Crippen molar-refractivity contribution < 1.29 is 14.3 Å². The lowest BCUT2D eigenvalue weighted by molar-refractivity contribution is -0.108. The molecule has 122 valence electrons. The Labute approximate surface area is 136 Å². The van der Waals surface area contributed by atoms with E-state index in [0.717, 1.165) is 11.8 Å². The first-order valence-corrected chi connectivity index (χ1v) is 7.48. The predicted molar refractivity (Wildman–Crippen MR) is 84.1 cm³/mol. The highest BCUT2D eigenvalue weighted by atomic mass is 16.7. The minimum absolute atomic E-state index is 0.213. The van der Waals surface area contributed by atoms with Gasteiger partial charge >= 0.3 is 0 Å². The number of hydrogen-bond donors (Lipinski definition) is 0. The number of rotatable bonds is 5. The fraction of sp³-hybridized carbons (Fsp3) is 0.250. The van der Waals surface area contributed by atoms with Gasteiger partial charge in [0.25, 0.3) is 5.56 Å². The third-order valence-corrected chi connectivity index (χ3v) is 3.87. The lowest BCUT2D eigenvalue weighted by Gasteiger charge is -2.07. The summed E-state index contributed by atoms with van der Waals surface area (Å²) in [6, 6.07) is 5.55. The normalized spacial score (nSPS) is 12.7. The average molecular weight is 326 g/mol. The third kappa shape index (κ3) is 2.41. The van der Waals surface area contributed by atoms with Crippen molar-refractivity contribution in [2.24, 2.45) is 0 Å². The first kappa shape index (κ1) is 14.4. The van der Waals surface area contributed by atoms with E-state index in [1.54, 1.807) is 4.57 Å². The van der Waals surface area contributed by atoms with Gasteiger partial charge in [-0.1, -0.05) is 6.07 Å². The van der Waals surface area contributed by atoms with Crippen LogP contribution in [0.2, 0.25) is 0 Å². The number of carbonyl (C=O) groups excluding carboxylic acids is 1. The van der Waals surface area contributed by atoms with Gasteiger partial charge in [0.15, 0.2) is 22.7 Å². The van der Waals surface area contributed by atoms with Gasteiger partial charge in [0.05, 0.1) is 12.9 Å². The molecular formula is C16H14N4O4. The highest BCUT2D eigenvalue weighted by Crippen LogP contribution is 2.32. The first-order valence-electron chi connectivity index (χ1n) is 7.48. The molecule has 0 bridgehead atoms. The molecule has 0 aliphatic carbocycles. The SMILES string of the molecule is O=CCCn1cnc2c(=O)n(Cc3ccc4c(c3)OCO4)cnc21. The number of fused-ring (bicyclic) bond motifs is 2. The summed E-state index contributed by atoms with van der Waals surface area (Å²) in [5.41, 5.74) is 1.47. The van der Waals surface area contributed by atoms with Crippen molar-refractivity contribution in [3.05, 3.63) is 46.8 Å². The zero-order valence-corrected chi connectivity index (χ0v) is 12.7. The van der Waals surface area contributed by atoms with Crippen LogP contribution in [0.5, 0.6) is 11.5 Å². The number of nitrogens with zero attached hydrogens (tertiary/aromatic N) is 4. The molecule has 24 heavy (non-hydrogen) atoms.